The van der Waals surface area contributed by atoms with Crippen LogP contribution in [0.15, 0.2) is 65.5 Å². The third-order valence-electron chi connectivity index (χ3n) is 4.62. The van der Waals surface area contributed by atoms with Crippen LogP contribution in [-0.4, -0.2) is 26.6 Å². The highest BCUT2D eigenvalue weighted by molar-refractivity contribution is 5.93. The van der Waals surface area contributed by atoms with Gasteiger partial charge in [0.2, 0.25) is 5.91 Å². The second-order valence-corrected chi connectivity index (χ2v) is 6.53. The van der Waals surface area contributed by atoms with Crippen molar-refractivity contribution in [3.63, 3.8) is 0 Å². The monoisotopic (exact) mass is 360 g/mol. The maximum atomic E-state index is 12.5. The molecule has 0 spiro atoms. The van der Waals surface area contributed by atoms with Crippen molar-refractivity contribution < 1.29 is 4.79 Å². The van der Waals surface area contributed by atoms with Crippen molar-refractivity contribution in [1.82, 2.24) is 19.5 Å². The molecule has 4 aromatic rings. The summed E-state index contributed by atoms with van der Waals surface area (Å²) in [7, 11) is 0. The molecular weight excluding hydrogens is 340 g/mol. The Hall–Kier alpha value is -3.41. The number of hydrogen-bond donors (Lipinski definition) is 1. The standard InChI is InChI=1S/C21H20N4O2/c1-15-13-19(26)23-21-17-9-5-6-10-18(17)24(25(15)21)14-20(27)22-12-11-16-7-3-2-4-8-16/h2-10,13H,11-12,14H2,1H3,(H,22,27). The average Bonchev–Trinajstić information content (AvgIpc) is 2.97. The first kappa shape index (κ1) is 17.0. The van der Waals surface area contributed by atoms with Crippen LogP contribution in [0.25, 0.3) is 16.6 Å². The fourth-order valence-electron chi connectivity index (χ4n) is 3.40. The van der Waals surface area contributed by atoms with Gasteiger partial charge in [0.05, 0.1) is 5.52 Å². The van der Waals surface area contributed by atoms with E-state index in [1.165, 1.54) is 11.6 Å². The highest BCUT2D eigenvalue weighted by Crippen LogP contribution is 2.21. The Morgan fingerprint density at radius 1 is 1.07 bits per heavy atom. The Kier molecular flexibility index (Phi) is 4.46. The normalized spacial score (nSPS) is 11.1. The van der Waals surface area contributed by atoms with E-state index in [4.69, 9.17) is 0 Å². The molecule has 0 aliphatic carbocycles. The third-order valence-corrected chi connectivity index (χ3v) is 4.62. The van der Waals surface area contributed by atoms with Crippen molar-refractivity contribution >= 4 is 22.5 Å². The number of benzene rings is 2. The quantitative estimate of drug-likeness (QED) is 0.594. The fraction of sp³-hybridized carbons (Fsp3) is 0.190. The Bertz CT molecular complexity index is 1180. The predicted molar refractivity (Wildman–Crippen MR) is 105 cm³/mol. The first-order chi connectivity index (χ1) is 13.1. The zero-order valence-electron chi connectivity index (χ0n) is 15.1. The van der Waals surface area contributed by atoms with Gasteiger partial charge in [0.1, 0.15) is 6.54 Å². The maximum absolute atomic E-state index is 12.5. The molecule has 1 amide bonds. The minimum absolute atomic E-state index is 0.0771. The van der Waals surface area contributed by atoms with E-state index in [1.54, 1.807) is 0 Å². The lowest BCUT2D eigenvalue weighted by Crippen LogP contribution is -2.30. The highest BCUT2D eigenvalue weighted by atomic mass is 16.2. The summed E-state index contributed by atoms with van der Waals surface area (Å²) in [6.45, 7) is 2.58. The van der Waals surface area contributed by atoms with Crippen molar-refractivity contribution in [2.75, 3.05) is 6.54 Å². The summed E-state index contributed by atoms with van der Waals surface area (Å²) < 4.78 is 3.70. The number of hydrogen-bond acceptors (Lipinski definition) is 3. The molecule has 0 radical (unpaired) electrons. The number of aromatic nitrogens is 3. The summed E-state index contributed by atoms with van der Waals surface area (Å²) in [5.41, 5.74) is 3.11. The van der Waals surface area contributed by atoms with Crippen LogP contribution in [0.1, 0.15) is 11.3 Å². The minimum atomic E-state index is -0.275. The van der Waals surface area contributed by atoms with Gasteiger partial charge in [-0.1, -0.05) is 42.5 Å². The number of carbonyl (C=O) groups is 1. The van der Waals surface area contributed by atoms with E-state index in [0.717, 1.165) is 23.0 Å². The summed E-state index contributed by atoms with van der Waals surface area (Å²) in [5, 5.41) is 3.83. The molecule has 2 aromatic carbocycles. The molecule has 0 fully saturated rings. The van der Waals surface area contributed by atoms with Gasteiger partial charge in [-0.25, -0.2) is 4.52 Å². The second kappa shape index (κ2) is 7.07. The molecule has 6 nitrogen and oxygen atoms in total. The molecule has 0 saturated carbocycles. The molecule has 136 valence electrons. The van der Waals surface area contributed by atoms with Gasteiger partial charge in [0.25, 0.3) is 5.56 Å². The van der Waals surface area contributed by atoms with Gasteiger partial charge in [-0.3, -0.25) is 14.3 Å². The van der Waals surface area contributed by atoms with Crippen LogP contribution in [0.2, 0.25) is 0 Å². The number of amides is 1. The lowest BCUT2D eigenvalue weighted by Gasteiger charge is -2.11. The summed E-state index contributed by atoms with van der Waals surface area (Å²) in [5.74, 6) is -0.0771. The molecule has 0 aliphatic heterocycles. The zero-order valence-corrected chi connectivity index (χ0v) is 15.1. The highest BCUT2D eigenvalue weighted by Gasteiger charge is 2.15. The van der Waals surface area contributed by atoms with Crippen LogP contribution in [-0.2, 0) is 17.8 Å². The van der Waals surface area contributed by atoms with Gasteiger partial charge in [-0.05, 0) is 31.0 Å². The van der Waals surface area contributed by atoms with Crippen LogP contribution >= 0.6 is 0 Å². The number of para-hydroxylation sites is 1. The van der Waals surface area contributed by atoms with E-state index in [-0.39, 0.29) is 18.0 Å². The number of aryl methyl sites for hydroxylation is 1. The maximum Gasteiger partial charge on any atom is 0.273 e. The summed E-state index contributed by atoms with van der Waals surface area (Å²) in [4.78, 5) is 28.5. The van der Waals surface area contributed by atoms with Gasteiger partial charge in [-0.15, -0.1) is 0 Å². The Labute approximate surface area is 156 Å². The number of fused-ring (bicyclic) bond motifs is 3. The second-order valence-electron chi connectivity index (χ2n) is 6.53. The number of carbonyl (C=O) groups excluding carboxylic acids is 1. The Balaban J connectivity index is 1.61. The van der Waals surface area contributed by atoms with Gasteiger partial charge in [0.15, 0.2) is 5.65 Å². The number of nitrogens with one attached hydrogen (secondary N) is 1. The number of nitrogens with zero attached hydrogens (tertiary/aromatic N) is 3. The summed E-state index contributed by atoms with van der Waals surface area (Å²) in [6.07, 6.45) is 0.785. The minimum Gasteiger partial charge on any atom is -0.354 e. The zero-order chi connectivity index (χ0) is 18.8. The van der Waals surface area contributed by atoms with E-state index in [0.29, 0.717) is 12.2 Å². The van der Waals surface area contributed by atoms with Crippen molar-refractivity contribution in [3.8, 4) is 0 Å². The molecule has 0 unspecified atom stereocenters. The van der Waals surface area contributed by atoms with Crippen molar-refractivity contribution in [1.29, 1.82) is 0 Å². The molecule has 27 heavy (non-hydrogen) atoms. The third kappa shape index (κ3) is 3.33. The van der Waals surface area contributed by atoms with E-state index in [2.05, 4.69) is 10.3 Å². The predicted octanol–water partition coefficient (Wildman–Crippen LogP) is 2.32. The van der Waals surface area contributed by atoms with E-state index < -0.39 is 0 Å². The van der Waals surface area contributed by atoms with Gasteiger partial charge in [0, 0.05) is 23.7 Å². The topological polar surface area (TPSA) is 68.4 Å². The van der Waals surface area contributed by atoms with Crippen LogP contribution in [0, 0.1) is 6.92 Å². The first-order valence-electron chi connectivity index (χ1n) is 8.92. The van der Waals surface area contributed by atoms with E-state index >= 15 is 0 Å². The summed E-state index contributed by atoms with van der Waals surface area (Å²) in [6, 6.07) is 19.2. The molecular formula is C21H20N4O2. The molecule has 1 N–H and O–H groups in total. The lowest BCUT2D eigenvalue weighted by molar-refractivity contribution is -0.121. The lowest BCUT2D eigenvalue weighted by atomic mass is 10.1. The Morgan fingerprint density at radius 3 is 2.63 bits per heavy atom. The fourth-order valence-corrected chi connectivity index (χ4v) is 3.40. The van der Waals surface area contributed by atoms with E-state index in [9.17, 15) is 9.59 Å². The van der Waals surface area contributed by atoms with Gasteiger partial charge >= 0.3 is 0 Å². The summed E-state index contributed by atoms with van der Waals surface area (Å²) >= 11 is 0. The smallest absolute Gasteiger partial charge is 0.273 e. The first-order valence-corrected chi connectivity index (χ1v) is 8.92. The van der Waals surface area contributed by atoms with Crippen LogP contribution in [0.3, 0.4) is 0 Å². The molecule has 4 rings (SSSR count). The number of rotatable bonds is 5. The molecule has 2 heterocycles. The van der Waals surface area contributed by atoms with Crippen LogP contribution in [0.4, 0.5) is 0 Å². The van der Waals surface area contributed by atoms with Crippen molar-refractivity contribution in [2.24, 2.45) is 0 Å². The molecule has 6 heteroatoms. The molecule has 0 atom stereocenters. The van der Waals surface area contributed by atoms with Gasteiger partial charge in [-0.2, -0.15) is 4.98 Å². The van der Waals surface area contributed by atoms with Crippen LogP contribution in [0.5, 0.6) is 0 Å². The van der Waals surface area contributed by atoms with Crippen LogP contribution < -0.4 is 10.9 Å². The Morgan fingerprint density at radius 2 is 1.81 bits per heavy atom. The average molecular weight is 360 g/mol. The molecule has 0 bridgehead atoms. The molecule has 0 aliphatic rings. The van der Waals surface area contributed by atoms with Gasteiger partial charge < -0.3 is 5.32 Å². The largest absolute Gasteiger partial charge is 0.354 e. The van der Waals surface area contributed by atoms with E-state index in [1.807, 2.05) is 70.7 Å². The van der Waals surface area contributed by atoms with Crippen molar-refractivity contribution in [3.05, 3.63) is 82.3 Å². The molecule has 2 aromatic heterocycles. The van der Waals surface area contributed by atoms with Crippen molar-refractivity contribution in [2.45, 2.75) is 19.9 Å². The SMILES string of the molecule is Cc1cc(=O)nc2c3ccccc3n(CC(=O)NCCc3ccccc3)n12. The molecule has 0 saturated heterocycles.